The summed E-state index contributed by atoms with van der Waals surface area (Å²) in [4.78, 5) is 4.25. The monoisotopic (exact) mass is 369 g/mol. The van der Waals surface area contributed by atoms with E-state index in [1.807, 2.05) is 0 Å². The van der Waals surface area contributed by atoms with Crippen LogP contribution in [0, 0.1) is 11.6 Å². The number of aromatic amines is 1. The van der Waals surface area contributed by atoms with E-state index in [9.17, 15) is 8.78 Å². The lowest BCUT2D eigenvalue weighted by atomic mass is 10.0. The minimum atomic E-state index is -0.540. The minimum absolute atomic E-state index is 0.191. The highest BCUT2D eigenvalue weighted by Crippen LogP contribution is 2.25. The topological polar surface area (TPSA) is 105 Å². The first-order chi connectivity index (χ1) is 13.0. The quantitative estimate of drug-likeness (QED) is 0.388. The summed E-state index contributed by atoms with van der Waals surface area (Å²) in [5.41, 5.74) is 7.89. The van der Waals surface area contributed by atoms with E-state index in [0.717, 1.165) is 5.56 Å². The maximum Gasteiger partial charge on any atom is 0.206 e. The molecule has 0 fully saturated rings. The molecule has 1 heterocycles. The fourth-order valence-electron chi connectivity index (χ4n) is 2.52. The molecular formula is C19H19F2N6+. The third-order valence-electron chi connectivity index (χ3n) is 3.89. The van der Waals surface area contributed by atoms with E-state index in [0.29, 0.717) is 23.6 Å². The lowest BCUT2D eigenvalue weighted by Crippen LogP contribution is -2.39. The summed E-state index contributed by atoms with van der Waals surface area (Å²) >= 11 is 0. The number of hydrogen-bond acceptors (Lipinski definition) is 4. The molecule has 6 nitrogen and oxygen atoms in total. The van der Waals surface area contributed by atoms with Gasteiger partial charge in [0.15, 0.2) is 5.82 Å². The van der Waals surface area contributed by atoms with E-state index in [1.54, 1.807) is 31.3 Å². The van der Waals surface area contributed by atoms with Crippen molar-refractivity contribution in [3.05, 3.63) is 71.1 Å². The molecule has 6 N–H and O–H groups in total. The molecule has 0 spiro atoms. The van der Waals surface area contributed by atoms with Crippen LogP contribution in [0.4, 0.5) is 14.5 Å². The van der Waals surface area contributed by atoms with Crippen molar-refractivity contribution in [2.24, 2.45) is 0 Å². The molecule has 0 aliphatic carbocycles. The Morgan fingerprint density at radius 1 is 1.26 bits per heavy atom. The van der Waals surface area contributed by atoms with Crippen LogP contribution in [-0.4, -0.2) is 27.9 Å². The summed E-state index contributed by atoms with van der Waals surface area (Å²) in [6.45, 7) is 0.477. The molecule has 1 aromatic heterocycles. The molecular weight excluding hydrogens is 350 g/mol. The summed E-state index contributed by atoms with van der Waals surface area (Å²) in [6, 6.07) is 8.65. The van der Waals surface area contributed by atoms with Crippen LogP contribution in [-0.2, 0) is 6.54 Å². The third kappa shape index (κ3) is 4.24. The van der Waals surface area contributed by atoms with E-state index in [1.165, 1.54) is 24.3 Å². The lowest BCUT2D eigenvalue weighted by Gasteiger charge is -2.05. The number of allylic oxidation sites excluding steroid dienone is 1. The van der Waals surface area contributed by atoms with E-state index >= 15 is 0 Å². The van der Waals surface area contributed by atoms with Crippen LogP contribution in [0.5, 0.6) is 0 Å². The van der Waals surface area contributed by atoms with E-state index in [4.69, 9.17) is 11.1 Å². The van der Waals surface area contributed by atoms with Crippen LogP contribution in [0.15, 0.2) is 42.5 Å². The molecule has 27 heavy (non-hydrogen) atoms. The van der Waals surface area contributed by atoms with Gasteiger partial charge in [0.25, 0.3) is 0 Å². The van der Waals surface area contributed by atoms with Crippen molar-refractivity contribution in [1.29, 1.82) is 0 Å². The summed E-state index contributed by atoms with van der Waals surface area (Å²) in [5, 5.41) is 15.8. The van der Waals surface area contributed by atoms with E-state index in [2.05, 4.69) is 20.5 Å². The van der Waals surface area contributed by atoms with Gasteiger partial charge in [0, 0.05) is 11.8 Å². The molecule has 0 aliphatic heterocycles. The number of halogens is 2. The first-order valence-electron chi connectivity index (χ1n) is 8.19. The highest BCUT2D eigenvalue weighted by molar-refractivity contribution is 6.10. The molecule has 0 atom stereocenters. The Balaban J connectivity index is 1.90. The van der Waals surface area contributed by atoms with Gasteiger partial charge in [-0.25, -0.2) is 13.8 Å². The molecule has 0 saturated carbocycles. The van der Waals surface area contributed by atoms with Crippen molar-refractivity contribution >= 4 is 17.5 Å². The van der Waals surface area contributed by atoms with Crippen LogP contribution < -0.4 is 16.5 Å². The van der Waals surface area contributed by atoms with Gasteiger partial charge in [-0.3, -0.25) is 10.5 Å². The molecule has 0 radical (unpaired) electrons. The third-order valence-corrected chi connectivity index (χ3v) is 3.89. The summed E-state index contributed by atoms with van der Waals surface area (Å²) in [7, 11) is 1.77. The van der Waals surface area contributed by atoms with Crippen molar-refractivity contribution in [2.45, 2.75) is 6.54 Å². The van der Waals surface area contributed by atoms with Gasteiger partial charge < -0.3 is 11.1 Å². The van der Waals surface area contributed by atoms with Crippen molar-refractivity contribution < 1.29 is 14.2 Å². The Bertz CT molecular complexity index is 992. The van der Waals surface area contributed by atoms with Crippen LogP contribution in [0.1, 0.15) is 17.0 Å². The van der Waals surface area contributed by atoms with Gasteiger partial charge in [0.05, 0.1) is 17.7 Å². The molecule has 8 heteroatoms. The van der Waals surface area contributed by atoms with Crippen LogP contribution >= 0.6 is 0 Å². The number of nitrogens with two attached hydrogens (primary N) is 2. The molecule has 0 saturated heterocycles. The number of anilines is 1. The number of rotatable bonds is 6. The summed E-state index contributed by atoms with van der Waals surface area (Å²) < 4.78 is 27.3. The van der Waals surface area contributed by atoms with Gasteiger partial charge in [-0.15, -0.1) is 0 Å². The number of hydrogen-bond donors (Lipinski definition) is 4. The first-order valence-corrected chi connectivity index (χ1v) is 8.19. The van der Waals surface area contributed by atoms with Crippen LogP contribution in [0.2, 0.25) is 0 Å². The Hall–Kier alpha value is -3.39. The molecule has 3 aromatic rings. The lowest BCUT2D eigenvalue weighted by molar-refractivity contribution is -0.110. The molecule has 0 aliphatic rings. The molecule has 0 amide bonds. The van der Waals surface area contributed by atoms with Crippen LogP contribution in [0.3, 0.4) is 0 Å². The molecule has 0 unspecified atom stereocenters. The van der Waals surface area contributed by atoms with Gasteiger partial charge in [0.2, 0.25) is 5.71 Å². The number of nitrogens with zero attached hydrogens (tertiary/aromatic N) is 2. The zero-order valence-corrected chi connectivity index (χ0v) is 14.6. The van der Waals surface area contributed by atoms with E-state index < -0.39 is 5.82 Å². The zero-order chi connectivity index (χ0) is 19.4. The number of benzene rings is 2. The predicted molar refractivity (Wildman–Crippen MR) is 100 cm³/mol. The molecule has 2 aromatic carbocycles. The largest absolute Gasteiger partial charge is 0.398 e. The first kappa shape index (κ1) is 18.4. The van der Waals surface area contributed by atoms with Crippen molar-refractivity contribution in [2.75, 3.05) is 12.8 Å². The molecule has 3 rings (SSSR count). The average molecular weight is 369 g/mol. The fourth-order valence-corrected chi connectivity index (χ4v) is 2.52. The van der Waals surface area contributed by atoms with Crippen molar-refractivity contribution in [1.82, 2.24) is 20.5 Å². The highest BCUT2D eigenvalue weighted by atomic mass is 19.1. The number of aromatic nitrogens is 3. The van der Waals surface area contributed by atoms with E-state index in [-0.39, 0.29) is 22.9 Å². The van der Waals surface area contributed by atoms with Crippen molar-refractivity contribution in [3.8, 4) is 11.4 Å². The second kappa shape index (κ2) is 7.88. The fraction of sp³-hybridized carbons (Fsp3) is 0.105. The average Bonchev–Trinajstić information content (AvgIpc) is 3.10. The normalized spacial score (nSPS) is 11.2. The van der Waals surface area contributed by atoms with Gasteiger partial charge in [-0.2, -0.15) is 5.10 Å². The SMILES string of the molecule is CNCc1nc(-c2cc(C(=[NH2+])/C=C/c3ccc(F)cc3)c(N)cc2F)n[nH]1. The second-order valence-electron chi connectivity index (χ2n) is 5.90. The number of nitrogen functional groups attached to an aromatic ring is 1. The summed E-state index contributed by atoms with van der Waals surface area (Å²) in [6.07, 6.45) is 3.35. The Kier molecular flexibility index (Phi) is 5.37. The number of nitrogens with one attached hydrogen (secondary N) is 2. The van der Waals surface area contributed by atoms with Crippen LogP contribution in [0.25, 0.3) is 17.5 Å². The summed E-state index contributed by atoms with van der Waals surface area (Å²) in [5.74, 6) is -0.0602. The standard InChI is InChI=1S/C19H18F2N6/c1-24-10-18-25-19(27-26-18)13-8-14(17(23)9-15(13)21)16(22)7-4-11-2-5-12(20)6-3-11/h2-9,22,24H,10,23H2,1H3,(H,25,26,27)/p+1/b7-4+,22-16?. The van der Waals surface area contributed by atoms with Gasteiger partial charge in [0.1, 0.15) is 17.5 Å². The predicted octanol–water partition coefficient (Wildman–Crippen LogP) is 1.31. The highest BCUT2D eigenvalue weighted by Gasteiger charge is 2.17. The van der Waals surface area contributed by atoms with Crippen molar-refractivity contribution in [3.63, 3.8) is 0 Å². The maximum absolute atomic E-state index is 14.4. The minimum Gasteiger partial charge on any atom is -0.398 e. The van der Waals surface area contributed by atoms with Gasteiger partial charge in [-0.1, -0.05) is 12.1 Å². The smallest absolute Gasteiger partial charge is 0.206 e. The molecule has 0 bridgehead atoms. The van der Waals surface area contributed by atoms with Gasteiger partial charge >= 0.3 is 0 Å². The Labute approximate surface area is 154 Å². The maximum atomic E-state index is 14.4. The second-order valence-corrected chi connectivity index (χ2v) is 5.90. The Morgan fingerprint density at radius 3 is 2.70 bits per heavy atom. The Morgan fingerprint density at radius 2 is 2.00 bits per heavy atom. The van der Waals surface area contributed by atoms with Gasteiger partial charge in [-0.05, 0) is 43.0 Å². The number of H-pyrrole nitrogens is 1. The zero-order valence-electron chi connectivity index (χ0n) is 14.6. The molecule has 138 valence electrons.